The molecule has 1 heterocycles. The van der Waals surface area contributed by atoms with Crippen molar-refractivity contribution in [2.24, 2.45) is 5.10 Å². The smallest absolute Gasteiger partial charge is 0.146 e. The summed E-state index contributed by atoms with van der Waals surface area (Å²) in [6, 6.07) is 11.1. The zero-order valence-electron chi connectivity index (χ0n) is 10.4. The highest BCUT2D eigenvalue weighted by atomic mass is 35.5. The second kappa shape index (κ2) is 6.55. The quantitative estimate of drug-likeness (QED) is 0.660. The minimum absolute atomic E-state index is 0.526. The van der Waals surface area contributed by atoms with E-state index < -0.39 is 0 Å². The summed E-state index contributed by atoms with van der Waals surface area (Å²) in [5.41, 5.74) is 4.77. The van der Waals surface area contributed by atoms with Gasteiger partial charge in [-0.15, -0.1) is 0 Å². The average molecular weight is 294 g/mol. The van der Waals surface area contributed by atoms with Gasteiger partial charge in [-0.25, -0.2) is 4.98 Å². The first-order chi connectivity index (χ1) is 9.20. The van der Waals surface area contributed by atoms with Crippen LogP contribution in [0.3, 0.4) is 0 Å². The van der Waals surface area contributed by atoms with Crippen LogP contribution in [0.1, 0.15) is 18.9 Å². The van der Waals surface area contributed by atoms with Gasteiger partial charge in [0.2, 0.25) is 0 Å². The number of nitrogens with one attached hydrogen (secondary N) is 1. The maximum atomic E-state index is 6.01. The van der Waals surface area contributed by atoms with Crippen molar-refractivity contribution in [2.45, 2.75) is 13.3 Å². The SMILES string of the molecule is CCC(=NNc1ccccn1)c1ccc(Cl)c(Cl)c1. The summed E-state index contributed by atoms with van der Waals surface area (Å²) in [5, 5.41) is 5.42. The van der Waals surface area contributed by atoms with Crippen molar-refractivity contribution in [1.82, 2.24) is 4.98 Å². The number of halogens is 2. The van der Waals surface area contributed by atoms with E-state index in [2.05, 4.69) is 15.5 Å². The number of aromatic nitrogens is 1. The van der Waals surface area contributed by atoms with Gasteiger partial charge in [-0.3, -0.25) is 5.43 Å². The van der Waals surface area contributed by atoms with Crippen LogP contribution in [0.5, 0.6) is 0 Å². The second-order valence-corrected chi connectivity index (χ2v) is 4.68. The van der Waals surface area contributed by atoms with Crippen LogP contribution in [0, 0.1) is 0 Å². The molecule has 0 aliphatic carbocycles. The lowest BCUT2D eigenvalue weighted by Gasteiger charge is -2.06. The molecule has 2 rings (SSSR count). The summed E-state index contributed by atoms with van der Waals surface area (Å²) in [5.74, 6) is 0.702. The number of hydrazone groups is 1. The fourth-order valence-corrected chi connectivity index (χ4v) is 1.88. The van der Waals surface area contributed by atoms with Crippen molar-refractivity contribution in [3.8, 4) is 0 Å². The van der Waals surface area contributed by atoms with Crippen molar-refractivity contribution in [1.29, 1.82) is 0 Å². The van der Waals surface area contributed by atoms with Gasteiger partial charge in [-0.1, -0.05) is 42.3 Å². The van der Waals surface area contributed by atoms with Gasteiger partial charge < -0.3 is 0 Å². The number of benzene rings is 1. The molecule has 98 valence electrons. The van der Waals surface area contributed by atoms with Crippen LogP contribution in [0.15, 0.2) is 47.7 Å². The summed E-state index contributed by atoms with van der Waals surface area (Å²) >= 11 is 11.9. The lowest BCUT2D eigenvalue weighted by Crippen LogP contribution is -2.03. The number of rotatable bonds is 4. The molecule has 0 saturated carbocycles. The van der Waals surface area contributed by atoms with Gasteiger partial charge >= 0.3 is 0 Å². The summed E-state index contributed by atoms with van der Waals surface area (Å²) in [6.45, 7) is 2.03. The molecule has 0 aliphatic heterocycles. The molecule has 0 radical (unpaired) electrons. The highest BCUT2D eigenvalue weighted by Gasteiger charge is 2.05. The van der Waals surface area contributed by atoms with Crippen molar-refractivity contribution >= 4 is 34.7 Å². The Labute approximate surface area is 122 Å². The maximum absolute atomic E-state index is 6.01. The Morgan fingerprint density at radius 1 is 1.21 bits per heavy atom. The number of nitrogens with zero attached hydrogens (tertiary/aromatic N) is 2. The van der Waals surface area contributed by atoms with Crippen molar-refractivity contribution in [3.63, 3.8) is 0 Å². The highest BCUT2D eigenvalue weighted by Crippen LogP contribution is 2.23. The molecule has 0 atom stereocenters. The maximum Gasteiger partial charge on any atom is 0.146 e. The van der Waals surface area contributed by atoms with Gasteiger partial charge in [0.05, 0.1) is 15.8 Å². The summed E-state index contributed by atoms with van der Waals surface area (Å²) in [4.78, 5) is 4.14. The zero-order valence-corrected chi connectivity index (χ0v) is 11.9. The number of anilines is 1. The van der Waals surface area contributed by atoms with Crippen LogP contribution in [0.4, 0.5) is 5.82 Å². The molecule has 5 heteroatoms. The van der Waals surface area contributed by atoms with E-state index in [-0.39, 0.29) is 0 Å². The lowest BCUT2D eigenvalue weighted by atomic mass is 10.1. The molecule has 3 nitrogen and oxygen atoms in total. The minimum Gasteiger partial charge on any atom is -0.261 e. The molecule has 0 aliphatic rings. The fraction of sp³-hybridized carbons (Fsp3) is 0.143. The Kier molecular flexibility index (Phi) is 4.77. The molecule has 0 unspecified atom stereocenters. The van der Waals surface area contributed by atoms with Crippen LogP contribution >= 0.6 is 23.2 Å². The summed E-state index contributed by atoms with van der Waals surface area (Å²) in [6.07, 6.45) is 2.49. The van der Waals surface area contributed by atoms with E-state index in [1.807, 2.05) is 37.3 Å². The van der Waals surface area contributed by atoms with Crippen molar-refractivity contribution < 1.29 is 0 Å². The number of hydrogen-bond donors (Lipinski definition) is 1. The van der Waals surface area contributed by atoms with E-state index in [9.17, 15) is 0 Å². The minimum atomic E-state index is 0.526. The summed E-state index contributed by atoms with van der Waals surface area (Å²) < 4.78 is 0. The van der Waals surface area contributed by atoms with Gasteiger partial charge in [-0.05, 0) is 36.2 Å². The standard InChI is InChI=1S/C14H13Cl2N3/c1-2-13(10-6-7-11(15)12(16)9-10)18-19-14-5-3-4-8-17-14/h3-9H,2H2,1H3,(H,17,19). The van der Waals surface area contributed by atoms with Gasteiger partial charge in [-0.2, -0.15) is 5.10 Å². The third-order valence-electron chi connectivity index (χ3n) is 2.56. The van der Waals surface area contributed by atoms with E-state index in [0.29, 0.717) is 15.9 Å². The van der Waals surface area contributed by atoms with Gasteiger partial charge in [0.1, 0.15) is 5.82 Å². The van der Waals surface area contributed by atoms with E-state index in [1.54, 1.807) is 12.3 Å². The Hall–Kier alpha value is -1.58. The van der Waals surface area contributed by atoms with Crippen LogP contribution < -0.4 is 5.43 Å². The van der Waals surface area contributed by atoms with E-state index in [0.717, 1.165) is 17.7 Å². The van der Waals surface area contributed by atoms with Gasteiger partial charge in [0, 0.05) is 6.20 Å². The van der Waals surface area contributed by atoms with Gasteiger partial charge in [0.25, 0.3) is 0 Å². The Bertz CT molecular complexity index is 582. The Balaban J connectivity index is 2.21. The second-order valence-electron chi connectivity index (χ2n) is 3.87. The number of pyridine rings is 1. The Morgan fingerprint density at radius 2 is 2.05 bits per heavy atom. The van der Waals surface area contributed by atoms with Crippen molar-refractivity contribution in [2.75, 3.05) is 5.43 Å². The van der Waals surface area contributed by atoms with Crippen molar-refractivity contribution in [3.05, 3.63) is 58.2 Å². The Morgan fingerprint density at radius 3 is 2.68 bits per heavy atom. The molecular formula is C14H13Cl2N3. The normalized spacial score (nSPS) is 11.4. The lowest BCUT2D eigenvalue weighted by molar-refractivity contribution is 1.18. The summed E-state index contributed by atoms with van der Waals surface area (Å²) in [7, 11) is 0. The first-order valence-corrected chi connectivity index (χ1v) is 6.65. The van der Waals surface area contributed by atoms with Crippen LogP contribution in [0.25, 0.3) is 0 Å². The molecule has 1 aromatic heterocycles. The first-order valence-electron chi connectivity index (χ1n) is 5.89. The molecule has 1 aromatic carbocycles. The first kappa shape index (κ1) is 13.8. The van der Waals surface area contributed by atoms with E-state index in [4.69, 9.17) is 23.2 Å². The molecule has 2 aromatic rings. The van der Waals surface area contributed by atoms with Crippen LogP contribution in [-0.2, 0) is 0 Å². The topological polar surface area (TPSA) is 37.3 Å². The molecular weight excluding hydrogens is 281 g/mol. The van der Waals surface area contributed by atoms with Crippen LogP contribution in [0.2, 0.25) is 10.0 Å². The third kappa shape index (κ3) is 3.69. The zero-order chi connectivity index (χ0) is 13.7. The molecule has 0 spiro atoms. The van der Waals surface area contributed by atoms with Gasteiger partial charge in [0.15, 0.2) is 0 Å². The molecule has 0 bridgehead atoms. The highest BCUT2D eigenvalue weighted by molar-refractivity contribution is 6.42. The predicted molar refractivity (Wildman–Crippen MR) is 81.1 cm³/mol. The predicted octanol–water partition coefficient (Wildman–Crippen LogP) is 4.61. The monoisotopic (exact) mass is 293 g/mol. The molecule has 1 N–H and O–H groups in total. The van der Waals surface area contributed by atoms with E-state index >= 15 is 0 Å². The van der Waals surface area contributed by atoms with E-state index in [1.165, 1.54) is 0 Å². The molecule has 0 amide bonds. The number of hydrogen-bond acceptors (Lipinski definition) is 3. The molecule has 0 saturated heterocycles. The third-order valence-corrected chi connectivity index (χ3v) is 3.30. The fourth-order valence-electron chi connectivity index (χ4n) is 1.58. The molecule has 19 heavy (non-hydrogen) atoms. The van der Waals surface area contributed by atoms with Crippen LogP contribution in [-0.4, -0.2) is 10.7 Å². The molecule has 0 fully saturated rings. The average Bonchev–Trinajstić information content (AvgIpc) is 2.44. The largest absolute Gasteiger partial charge is 0.261 e.